The maximum Gasteiger partial charge on any atom is 0.254 e. The zero-order chi connectivity index (χ0) is 22.4. The van der Waals surface area contributed by atoms with Crippen LogP contribution in [0.25, 0.3) is 16.9 Å². The molecule has 3 rings (SSSR count). The van der Waals surface area contributed by atoms with Gasteiger partial charge in [-0.2, -0.15) is 0 Å². The number of carbonyl (C=O) groups is 1. The number of hydrogen-bond acceptors (Lipinski definition) is 2. The quantitative estimate of drug-likeness (QED) is 0.375. The van der Waals surface area contributed by atoms with Crippen molar-refractivity contribution >= 4 is 34.7 Å². The van der Waals surface area contributed by atoms with Crippen molar-refractivity contribution < 1.29 is 9.21 Å². The largest absolute Gasteiger partial charge is 0.461 e. The van der Waals surface area contributed by atoms with Crippen LogP contribution >= 0.6 is 23.2 Å². The highest BCUT2D eigenvalue weighted by Crippen LogP contribution is 2.28. The van der Waals surface area contributed by atoms with Gasteiger partial charge in [-0.25, -0.2) is 0 Å². The van der Waals surface area contributed by atoms with E-state index >= 15 is 0 Å². The molecule has 0 bridgehead atoms. The summed E-state index contributed by atoms with van der Waals surface area (Å²) in [6.45, 7) is 6.56. The molecule has 1 heterocycles. The molecule has 31 heavy (non-hydrogen) atoms. The molecule has 0 saturated carbocycles. The van der Waals surface area contributed by atoms with Crippen LogP contribution in [0.1, 0.15) is 53.4 Å². The Bertz CT molecular complexity index is 1080. The Hall–Kier alpha value is -2.49. The minimum atomic E-state index is -0.140. The van der Waals surface area contributed by atoms with Crippen LogP contribution in [-0.4, -0.2) is 12.5 Å². The summed E-state index contributed by atoms with van der Waals surface area (Å²) in [5, 5.41) is 4.41. The molecule has 0 fully saturated rings. The number of furan rings is 1. The minimum absolute atomic E-state index is 0.140. The molecule has 0 spiro atoms. The predicted octanol–water partition coefficient (Wildman–Crippen LogP) is 7.87. The summed E-state index contributed by atoms with van der Waals surface area (Å²) in [6.07, 6.45) is 5.03. The first kappa shape index (κ1) is 23.2. The molecule has 0 unspecified atom stereocenters. The van der Waals surface area contributed by atoms with Crippen LogP contribution in [0.2, 0.25) is 10.0 Å². The molecule has 0 radical (unpaired) electrons. The minimum Gasteiger partial charge on any atom is -0.461 e. The van der Waals surface area contributed by atoms with Crippen LogP contribution in [0.5, 0.6) is 0 Å². The van der Waals surface area contributed by atoms with E-state index in [0.717, 1.165) is 35.4 Å². The van der Waals surface area contributed by atoms with Gasteiger partial charge >= 0.3 is 0 Å². The second-order valence-corrected chi connectivity index (χ2v) is 8.44. The molecule has 0 saturated heterocycles. The molecule has 0 aliphatic rings. The Morgan fingerprint density at radius 3 is 2.42 bits per heavy atom. The van der Waals surface area contributed by atoms with Gasteiger partial charge in [0, 0.05) is 22.2 Å². The highest BCUT2D eigenvalue weighted by Gasteiger charge is 2.16. The predicted molar refractivity (Wildman–Crippen MR) is 130 cm³/mol. The summed E-state index contributed by atoms with van der Waals surface area (Å²) in [5.74, 6) is 1.10. The van der Waals surface area contributed by atoms with Gasteiger partial charge < -0.3 is 9.73 Å². The maximum atomic E-state index is 12.8. The maximum absolute atomic E-state index is 12.8. The second kappa shape index (κ2) is 10.7. The highest BCUT2D eigenvalue weighted by molar-refractivity contribution is 6.31. The first-order valence-corrected chi connectivity index (χ1v) is 11.2. The van der Waals surface area contributed by atoms with Crippen LogP contribution in [0.15, 0.2) is 59.0 Å². The van der Waals surface area contributed by atoms with Crippen molar-refractivity contribution in [3.8, 4) is 11.3 Å². The van der Waals surface area contributed by atoms with E-state index in [4.69, 9.17) is 27.6 Å². The Kier molecular flexibility index (Phi) is 8.00. The van der Waals surface area contributed by atoms with Crippen molar-refractivity contribution in [3.05, 3.63) is 87.1 Å². The number of halogens is 2. The molecular formula is C26H27Cl2NO2. The standard InChI is InChI=1S/C26H27Cl2NO2/c1-4-5-6-19(23-15-22(28)10-7-17(23)2)13-14-29-26(30)24-16-25(31-18(24)3)20-8-11-21(27)12-9-20/h6-12,15-16H,4-5,13-14H2,1-3H3,(H,29,30). The van der Waals surface area contributed by atoms with Gasteiger partial charge in [0.25, 0.3) is 5.91 Å². The van der Waals surface area contributed by atoms with E-state index in [9.17, 15) is 4.79 Å². The number of nitrogens with one attached hydrogen (secondary N) is 1. The average Bonchev–Trinajstić information content (AvgIpc) is 3.14. The van der Waals surface area contributed by atoms with Gasteiger partial charge in [-0.3, -0.25) is 4.79 Å². The Morgan fingerprint density at radius 1 is 1.00 bits per heavy atom. The summed E-state index contributed by atoms with van der Waals surface area (Å²) < 4.78 is 5.81. The van der Waals surface area contributed by atoms with Gasteiger partial charge in [0.2, 0.25) is 0 Å². The summed E-state index contributed by atoms with van der Waals surface area (Å²) in [5.41, 5.74) is 4.94. The number of unbranched alkanes of at least 4 members (excludes halogenated alkanes) is 1. The van der Waals surface area contributed by atoms with Gasteiger partial charge in [-0.05, 0) is 85.9 Å². The first-order valence-electron chi connectivity index (χ1n) is 10.5. The molecule has 2 aromatic carbocycles. The van der Waals surface area contributed by atoms with Crippen molar-refractivity contribution in [2.75, 3.05) is 6.54 Å². The topological polar surface area (TPSA) is 42.2 Å². The molecule has 1 N–H and O–H groups in total. The number of hydrogen-bond donors (Lipinski definition) is 1. The van der Waals surface area contributed by atoms with Crippen molar-refractivity contribution in [2.45, 2.75) is 40.0 Å². The molecule has 1 amide bonds. The SMILES string of the molecule is CCCC=C(CCNC(=O)c1cc(-c2ccc(Cl)cc2)oc1C)c1cc(Cl)ccc1C. The molecule has 5 heteroatoms. The fourth-order valence-electron chi connectivity index (χ4n) is 3.48. The number of allylic oxidation sites excluding steroid dienone is 1. The van der Waals surface area contributed by atoms with Gasteiger partial charge in [0.15, 0.2) is 0 Å². The lowest BCUT2D eigenvalue weighted by molar-refractivity contribution is 0.0953. The van der Waals surface area contributed by atoms with E-state index in [-0.39, 0.29) is 5.91 Å². The second-order valence-electron chi connectivity index (χ2n) is 7.57. The lowest BCUT2D eigenvalue weighted by Gasteiger charge is -2.13. The fraction of sp³-hybridized carbons (Fsp3) is 0.269. The van der Waals surface area contributed by atoms with Crippen LogP contribution in [0.3, 0.4) is 0 Å². The molecule has 0 atom stereocenters. The zero-order valence-electron chi connectivity index (χ0n) is 18.1. The third-order valence-electron chi connectivity index (χ3n) is 5.20. The monoisotopic (exact) mass is 455 g/mol. The van der Waals surface area contributed by atoms with E-state index in [0.29, 0.717) is 28.7 Å². The number of aryl methyl sites for hydroxylation is 2. The van der Waals surface area contributed by atoms with Gasteiger partial charge in [-0.1, -0.05) is 48.7 Å². The smallest absolute Gasteiger partial charge is 0.254 e. The Labute approximate surface area is 194 Å². The molecular weight excluding hydrogens is 429 g/mol. The summed E-state index contributed by atoms with van der Waals surface area (Å²) in [7, 11) is 0. The van der Waals surface area contributed by atoms with Crippen LogP contribution in [-0.2, 0) is 0 Å². The highest BCUT2D eigenvalue weighted by atomic mass is 35.5. The first-order chi connectivity index (χ1) is 14.9. The van der Waals surface area contributed by atoms with Gasteiger partial charge in [0.1, 0.15) is 11.5 Å². The number of carbonyl (C=O) groups excluding carboxylic acids is 1. The van der Waals surface area contributed by atoms with Gasteiger partial charge in [0.05, 0.1) is 5.56 Å². The third-order valence-corrected chi connectivity index (χ3v) is 5.68. The van der Waals surface area contributed by atoms with Gasteiger partial charge in [-0.15, -0.1) is 0 Å². The summed E-state index contributed by atoms with van der Waals surface area (Å²) >= 11 is 12.2. The molecule has 3 nitrogen and oxygen atoms in total. The fourth-order valence-corrected chi connectivity index (χ4v) is 3.77. The molecule has 162 valence electrons. The van der Waals surface area contributed by atoms with Crippen LogP contribution < -0.4 is 5.32 Å². The zero-order valence-corrected chi connectivity index (χ0v) is 19.6. The Balaban J connectivity index is 1.69. The van der Waals surface area contributed by atoms with Crippen molar-refractivity contribution in [1.82, 2.24) is 5.32 Å². The van der Waals surface area contributed by atoms with E-state index in [1.54, 1.807) is 25.1 Å². The van der Waals surface area contributed by atoms with E-state index < -0.39 is 0 Å². The van der Waals surface area contributed by atoms with E-state index in [2.05, 4.69) is 25.2 Å². The molecule has 0 aliphatic carbocycles. The van der Waals surface area contributed by atoms with Crippen LogP contribution in [0.4, 0.5) is 0 Å². The summed E-state index contributed by atoms with van der Waals surface area (Å²) in [6, 6.07) is 15.1. The average molecular weight is 456 g/mol. The number of amides is 1. The van der Waals surface area contributed by atoms with E-state index in [1.165, 1.54) is 11.1 Å². The molecule has 3 aromatic rings. The summed E-state index contributed by atoms with van der Waals surface area (Å²) in [4.78, 5) is 12.8. The van der Waals surface area contributed by atoms with Crippen molar-refractivity contribution in [3.63, 3.8) is 0 Å². The lowest BCUT2D eigenvalue weighted by atomic mass is 9.96. The van der Waals surface area contributed by atoms with Crippen molar-refractivity contribution in [1.29, 1.82) is 0 Å². The van der Waals surface area contributed by atoms with Crippen molar-refractivity contribution in [2.24, 2.45) is 0 Å². The number of benzene rings is 2. The third kappa shape index (κ3) is 6.03. The molecule has 0 aliphatic heterocycles. The Morgan fingerprint density at radius 2 is 1.71 bits per heavy atom. The van der Waals surface area contributed by atoms with E-state index in [1.807, 2.05) is 30.3 Å². The number of rotatable bonds is 8. The van der Waals surface area contributed by atoms with Crippen LogP contribution in [0, 0.1) is 13.8 Å². The normalized spacial score (nSPS) is 11.6. The molecule has 1 aromatic heterocycles. The lowest BCUT2D eigenvalue weighted by Crippen LogP contribution is -2.24.